The molecule has 71 heavy (non-hydrogen) atoms. The maximum atomic E-state index is 14.5. The molecule has 3 heterocycles. The van der Waals surface area contributed by atoms with Gasteiger partial charge in [0.2, 0.25) is 5.79 Å². The van der Waals surface area contributed by atoms with Crippen molar-refractivity contribution < 1.29 is 67.3 Å². The zero-order chi connectivity index (χ0) is 52.6. The summed E-state index contributed by atoms with van der Waals surface area (Å²) < 4.78 is 41.7. The first-order valence-electron chi connectivity index (χ1n) is 26.4. The second-order valence-electron chi connectivity index (χ2n) is 21.4. The number of Topliss-reactive ketones (excluding diaryl/α,β-unsaturated/α-hetero) is 3. The third-order valence-electron chi connectivity index (χ3n) is 15.2. The second kappa shape index (κ2) is 28.9. The van der Waals surface area contributed by atoms with E-state index in [1.165, 1.54) is 12.0 Å². The van der Waals surface area contributed by atoms with Gasteiger partial charge in [0, 0.05) is 58.5 Å². The average molecular weight is 1000 g/mol. The quantitative estimate of drug-likeness (QED) is 0.0888. The molecule has 15 heteroatoms. The first kappa shape index (κ1) is 60.1. The van der Waals surface area contributed by atoms with Crippen LogP contribution < -0.4 is 0 Å². The lowest BCUT2D eigenvalue weighted by Crippen LogP contribution is -2.61. The molecular weight excluding hydrogens is 911 g/mol. The number of aliphatic hydroxyl groups is 2. The van der Waals surface area contributed by atoms with Gasteiger partial charge in [-0.05, 0) is 121 Å². The summed E-state index contributed by atoms with van der Waals surface area (Å²) in [4.78, 5) is 72.6. The molecule has 3 aliphatic heterocycles. The van der Waals surface area contributed by atoms with Crippen molar-refractivity contribution in [1.82, 2.24) is 4.90 Å². The van der Waals surface area contributed by atoms with E-state index >= 15 is 0 Å². The van der Waals surface area contributed by atoms with E-state index in [0.717, 1.165) is 18.4 Å². The monoisotopic (exact) mass is 1000 g/mol. The van der Waals surface area contributed by atoms with E-state index in [-0.39, 0.29) is 67.0 Å². The van der Waals surface area contributed by atoms with Crippen LogP contribution in [0.4, 0.5) is 0 Å². The molecule has 15 atom stereocenters. The number of nitrogens with zero attached hydrogens (tertiary/aromatic N) is 1. The topological polar surface area (TPSA) is 194 Å². The molecule has 1 aliphatic carbocycles. The van der Waals surface area contributed by atoms with Crippen LogP contribution in [-0.2, 0) is 57.1 Å². The average Bonchev–Trinajstić information content (AvgIpc) is 3.33. The number of allylic oxidation sites excluding steroid dienone is 6. The van der Waals surface area contributed by atoms with Gasteiger partial charge in [-0.3, -0.25) is 19.2 Å². The summed E-state index contributed by atoms with van der Waals surface area (Å²) in [6, 6.07) is -1.14. The van der Waals surface area contributed by atoms with Gasteiger partial charge >= 0.3 is 5.97 Å². The van der Waals surface area contributed by atoms with Crippen LogP contribution in [0.2, 0.25) is 0 Å². The van der Waals surface area contributed by atoms with E-state index in [0.29, 0.717) is 70.2 Å². The van der Waals surface area contributed by atoms with Gasteiger partial charge in [0.05, 0.1) is 43.7 Å². The third kappa shape index (κ3) is 17.1. The van der Waals surface area contributed by atoms with Gasteiger partial charge in [-0.1, -0.05) is 71.1 Å². The van der Waals surface area contributed by atoms with Gasteiger partial charge in [0.15, 0.2) is 5.78 Å². The Labute approximate surface area is 424 Å². The van der Waals surface area contributed by atoms with Crippen LogP contribution in [0.3, 0.4) is 0 Å². The molecule has 2 saturated heterocycles. The Morgan fingerprint density at radius 2 is 1.56 bits per heavy atom. The molecule has 3 unspecified atom stereocenters. The molecule has 1 amide bonds. The van der Waals surface area contributed by atoms with E-state index < -0.39 is 77.8 Å². The SMILES string of the molecule is COCCO[C@@H]1CCC(C[C@@H](C)C2CC(=O)[C@H](C)/C=C(\C)[C@@H](O)[C@@H](OC)C(=O)[C@H](C)C[C@H](C)/C=C/C=C/C=C(\C)C(OC(C)C)C[C@@H]3CC[C@@H](C)[C@@](O)(O3)C(=O)C(=O)N3CCCC[C@H]3C(=O)O2)C[C@H]1OC. The zero-order valence-electron chi connectivity index (χ0n) is 45.0. The second-order valence-corrected chi connectivity index (χ2v) is 21.4. The highest BCUT2D eigenvalue weighted by molar-refractivity contribution is 6.39. The number of hydrogen-bond acceptors (Lipinski definition) is 14. The summed E-state index contributed by atoms with van der Waals surface area (Å²) >= 11 is 0. The fourth-order valence-corrected chi connectivity index (χ4v) is 10.8. The van der Waals surface area contributed by atoms with Crippen molar-refractivity contribution in [3.63, 3.8) is 0 Å². The Balaban J connectivity index is 1.71. The smallest absolute Gasteiger partial charge is 0.329 e. The minimum absolute atomic E-state index is 0.0154. The summed E-state index contributed by atoms with van der Waals surface area (Å²) in [5.74, 6) is -7.86. The number of aliphatic hydroxyl groups excluding tert-OH is 1. The summed E-state index contributed by atoms with van der Waals surface area (Å²) in [7, 11) is 4.68. The summed E-state index contributed by atoms with van der Waals surface area (Å²) in [5, 5.41) is 23.6. The highest BCUT2D eigenvalue weighted by atomic mass is 16.6. The number of esters is 1. The number of hydrogen-bond donors (Lipinski definition) is 2. The number of rotatable bonds is 11. The van der Waals surface area contributed by atoms with Crippen molar-refractivity contribution >= 4 is 29.2 Å². The molecular formula is C56H89NO14. The fraction of sp³-hybridized carbons (Fsp3) is 0.768. The molecule has 3 fully saturated rings. The number of piperidine rings is 1. The third-order valence-corrected chi connectivity index (χ3v) is 15.2. The van der Waals surface area contributed by atoms with Crippen molar-refractivity contribution in [3.05, 3.63) is 47.6 Å². The number of ether oxygens (including phenoxy) is 7. The molecule has 0 spiro atoms. The Bertz CT molecular complexity index is 1880. The van der Waals surface area contributed by atoms with Crippen LogP contribution in [-0.4, -0.2) is 146 Å². The molecule has 15 nitrogen and oxygen atoms in total. The normalized spacial score (nSPS) is 38.1. The predicted molar refractivity (Wildman–Crippen MR) is 270 cm³/mol. The maximum absolute atomic E-state index is 14.5. The van der Waals surface area contributed by atoms with E-state index in [4.69, 9.17) is 33.2 Å². The highest BCUT2D eigenvalue weighted by Crippen LogP contribution is 2.38. The molecule has 4 rings (SSSR count). The Kier molecular flexibility index (Phi) is 24.5. The van der Waals surface area contributed by atoms with Crippen molar-refractivity contribution in [2.24, 2.45) is 35.5 Å². The largest absolute Gasteiger partial charge is 0.460 e. The molecule has 402 valence electrons. The molecule has 4 aliphatic rings. The van der Waals surface area contributed by atoms with Gasteiger partial charge in [0.25, 0.3) is 11.7 Å². The van der Waals surface area contributed by atoms with Crippen molar-refractivity contribution in [2.75, 3.05) is 41.1 Å². The Morgan fingerprint density at radius 3 is 2.24 bits per heavy atom. The van der Waals surface area contributed by atoms with Crippen LogP contribution in [0.5, 0.6) is 0 Å². The fourth-order valence-electron chi connectivity index (χ4n) is 10.8. The molecule has 0 radical (unpaired) electrons. The van der Waals surface area contributed by atoms with E-state index in [9.17, 15) is 34.2 Å². The van der Waals surface area contributed by atoms with Crippen LogP contribution >= 0.6 is 0 Å². The molecule has 1 saturated carbocycles. The summed E-state index contributed by atoms with van der Waals surface area (Å²) in [6.07, 6.45) is 12.3. The van der Waals surface area contributed by atoms with Crippen LogP contribution in [0, 0.1) is 35.5 Å². The van der Waals surface area contributed by atoms with Crippen molar-refractivity contribution in [1.29, 1.82) is 0 Å². The molecule has 0 aromatic rings. The predicted octanol–water partition coefficient (Wildman–Crippen LogP) is 7.63. The zero-order valence-corrected chi connectivity index (χ0v) is 45.0. The van der Waals surface area contributed by atoms with Gasteiger partial charge in [-0.15, -0.1) is 0 Å². The van der Waals surface area contributed by atoms with Gasteiger partial charge < -0.3 is 48.3 Å². The number of methoxy groups -OCH3 is 3. The highest BCUT2D eigenvalue weighted by Gasteiger charge is 2.53. The van der Waals surface area contributed by atoms with Crippen molar-refractivity contribution in [3.8, 4) is 0 Å². The maximum Gasteiger partial charge on any atom is 0.329 e. The van der Waals surface area contributed by atoms with E-state index in [1.54, 1.807) is 41.1 Å². The molecule has 2 bridgehead atoms. The van der Waals surface area contributed by atoms with Crippen LogP contribution in [0.15, 0.2) is 47.6 Å². The lowest BCUT2D eigenvalue weighted by atomic mass is 9.78. The summed E-state index contributed by atoms with van der Waals surface area (Å²) in [5.41, 5.74) is 1.29. The standard InChI is InChI=1S/C56H89NO14/c1-34(2)69-47-32-43-23-21-41(9)56(64,71-43)53(61)54(62)57-25-17-16-20-44(57)55(63)70-48(38(6)30-42-22-24-46(49(31-42)66-11)68-27-26-65-10)33-45(58)37(5)29-40(8)51(60)52(67-12)50(59)39(7)28-35(3)18-14-13-15-19-36(47)4/h13-15,18-19,29,34-35,37-39,41-44,46-49,51-52,60,64H,16-17,20-28,30-33H2,1-12H3/b15-13+,18-14+,36-19+,40-29+/t35-,37-,38-,39-,41-,42?,43+,44+,46-,47?,48?,49-,51-,52+,56-/m1/s1. The lowest BCUT2D eigenvalue weighted by Gasteiger charge is -2.43. The first-order chi connectivity index (χ1) is 33.6. The lowest BCUT2D eigenvalue weighted by molar-refractivity contribution is -0.266. The Morgan fingerprint density at radius 1 is 0.831 bits per heavy atom. The number of carbonyl (C=O) groups excluding carboxylic acids is 5. The number of ketones is 3. The van der Waals surface area contributed by atoms with E-state index in [2.05, 4.69) is 0 Å². The number of carbonyl (C=O) groups is 5. The molecule has 0 aromatic carbocycles. The van der Waals surface area contributed by atoms with E-state index in [1.807, 2.05) is 71.9 Å². The van der Waals surface area contributed by atoms with Gasteiger partial charge in [0.1, 0.15) is 30.1 Å². The van der Waals surface area contributed by atoms with Crippen LogP contribution in [0.25, 0.3) is 0 Å². The van der Waals surface area contributed by atoms with Gasteiger partial charge in [-0.25, -0.2) is 4.79 Å². The Hall–Kier alpha value is -3.41. The van der Waals surface area contributed by atoms with Gasteiger partial charge in [-0.2, -0.15) is 0 Å². The number of amides is 1. The van der Waals surface area contributed by atoms with Crippen molar-refractivity contribution in [2.45, 2.75) is 200 Å². The minimum atomic E-state index is -2.44. The van der Waals surface area contributed by atoms with Crippen LogP contribution in [0.1, 0.15) is 139 Å². The minimum Gasteiger partial charge on any atom is -0.460 e. The first-order valence-corrected chi connectivity index (χ1v) is 26.4. The number of fused-ring (bicyclic) bond motifs is 3. The number of cyclic esters (lactones) is 1. The molecule has 0 aromatic heterocycles. The summed E-state index contributed by atoms with van der Waals surface area (Å²) in [6.45, 7) is 17.7. The molecule has 2 N–H and O–H groups in total.